The predicted molar refractivity (Wildman–Crippen MR) is 164 cm³/mol. The van der Waals surface area contributed by atoms with Crippen molar-refractivity contribution in [3.05, 3.63) is 77.1 Å². The summed E-state index contributed by atoms with van der Waals surface area (Å²) in [6.07, 6.45) is 2.11. The SMILES string of the molecule is CC#CC(=O)Nc1cc2c(Nc3cc(Cl)c(OCc4cccc(F)c4)cc3F)ncnc2cc1OCCCN1CCOCC1. The summed E-state index contributed by atoms with van der Waals surface area (Å²) in [4.78, 5) is 23.4. The zero-order chi connectivity index (χ0) is 30.9. The van der Waals surface area contributed by atoms with Crippen molar-refractivity contribution in [2.24, 2.45) is 0 Å². The number of nitrogens with one attached hydrogen (secondary N) is 2. The van der Waals surface area contributed by atoms with Gasteiger partial charge < -0.3 is 24.8 Å². The van der Waals surface area contributed by atoms with Crippen LogP contribution in [0.5, 0.6) is 11.5 Å². The zero-order valence-corrected chi connectivity index (χ0v) is 24.7. The molecule has 1 aliphatic rings. The molecule has 0 radical (unpaired) electrons. The van der Waals surface area contributed by atoms with Gasteiger partial charge in [-0.3, -0.25) is 9.69 Å². The normalized spacial score (nSPS) is 13.2. The van der Waals surface area contributed by atoms with Crippen LogP contribution in [0.3, 0.4) is 0 Å². The highest BCUT2D eigenvalue weighted by molar-refractivity contribution is 6.32. The van der Waals surface area contributed by atoms with E-state index in [1.54, 1.807) is 31.2 Å². The van der Waals surface area contributed by atoms with Crippen LogP contribution in [0, 0.1) is 23.5 Å². The molecule has 4 aromatic rings. The quantitative estimate of drug-likeness (QED) is 0.157. The Kier molecular flexibility index (Phi) is 10.4. The van der Waals surface area contributed by atoms with Crippen LogP contribution < -0.4 is 20.1 Å². The standard InChI is InChI=1S/C32H30ClF2N5O4/c1-2-5-31(41)38-28-15-23-26(18-30(28)43-11-4-8-40-9-12-42-13-10-40)36-20-37-32(23)39-27-16-24(33)29(17-25(27)35)44-19-21-6-3-7-22(34)14-21/h3,6-7,14-18,20H,4,8-13,19H2,1H3,(H,38,41)(H,36,37,39). The molecule has 3 aromatic carbocycles. The average molecular weight is 622 g/mol. The fourth-order valence-electron chi connectivity index (χ4n) is 4.61. The highest BCUT2D eigenvalue weighted by Gasteiger charge is 2.17. The highest BCUT2D eigenvalue weighted by Crippen LogP contribution is 2.36. The first-order valence-electron chi connectivity index (χ1n) is 14.0. The lowest BCUT2D eigenvalue weighted by atomic mass is 10.1. The summed E-state index contributed by atoms with van der Waals surface area (Å²) in [6.45, 7) is 6.07. The van der Waals surface area contributed by atoms with Crippen molar-refractivity contribution >= 4 is 45.6 Å². The summed E-state index contributed by atoms with van der Waals surface area (Å²) >= 11 is 6.40. The number of amides is 1. The van der Waals surface area contributed by atoms with Gasteiger partial charge in [0.2, 0.25) is 0 Å². The molecule has 1 fully saturated rings. The molecule has 1 amide bonds. The van der Waals surface area contributed by atoms with Gasteiger partial charge in [0.05, 0.1) is 41.7 Å². The van der Waals surface area contributed by atoms with Crippen LogP contribution in [0.1, 0.15) is 18.9 Å². The van der Waals surface area contributed by atoms with E-state index in [1.165, 1.54) is 24.5 Å². The van der Waals surface area contributed by atoms with E-state index >= 15 is 4.39 Å². The zero-order valence-electron chi connectivity index (χ0n) is 24.0. The number of aromatic nitrogens is 2. The van der Waals surface area contributed by atoms with Gasteiger partial charge in [0.25, 0.3) is 5.91 Å². The molecule has 44 heavy (non-hydrogen) atoms. The van der Waals surface area contributed by atoms with Gasteiger partial charge in [-0.15, -0.1) is 0 Å². The van der Waals surface area contributed by atoms with Crippen molar-refractivity contribution < 1.29 is 27.8 Å². The second-order valence-electron chi connectivity index (χ2n) is 9.88. The van der Waals surface area contributed by atoms with Gasteiger partial charge in [0, 0.05) is 37.2 Å². The van der Waals surface area contributed by atoms with Crippen molar-refractivity contribution in [3.63, 3.8) is 0 Å². The van der Waals surface area contributed by atoms with E-state index in [0.29, 0.717) is 34.5 Å². The van der Waals surface area contributed by atoms with Crippen molar-refractivity contribution in [2.45, 2.75) is 20.0 Å². The average Bonchev–Trinajstić information content (AvgIpc) is 3.01. The summed E-state index contributed by atoms with van der Waals surface area (Å²) < 4.78 is 45.8. The molecular formula is C32H30ClF2N5O4. The fraction of sp³-hybridized carbons (Fsp3) is 0.281. The number of hydrogen-bond donors (Lipinski definition) is 2. The second-order valence-corrected chi connectivity index (χ2v) is 10.3. The third-order valence-corrected chi connectivity index (χ3v) is 7.06. The van der Waals surface area contributed by atoms with Gasteiger partial charge in [-0.05, 0) is 49.1 Å². The van der Waals surface area contributed by atoms with E-state index in [0.717, 1.165) is 45.3 Å². The van der Waals surface area contributed by atoms with E-state index < -0.39 is 17.5 Å². The minimum absolute atomic E-state index is 0.00870. The maximum absolute atomic E-state index is 15.2. The fourth-order valence-corrected chi connectivity index (χ4v) is 4.83. The molecule has 9 nitrogen and oxygen atoms in total. The molecule has 12 heteroatoms. The molecule has 1 aliphatic heterocycles. The number of halogens is 3. The number of ether oxygens (including phenoxy) is 3. The molecule has 2 N–H and O–H groups in total. The third kappa shape index (κ3) is 8.11. The maximum Gasteiger partial charge on any atom is 0.300 e. The summed E-state index contributed by atoms with van der Waals surface area (Å²) in [5, 5.41) is 6.36. The number of benzene rings is 3. The third-order valence-electron chi connectivity index (χ3n) is 6.76. The van der Waals surface area contributed by atoms with E-state index in [1.807, 2.05) is 0 Å². The largest absolute Gasteiger partial charge is 0.491 e. The second kappa shape index (κ2) is 14.8. The minimum atomic E-state index is -0.651. The molecule has 2 heterocycles. The number of morpholine rings is 1. The molecule has 1 saturated heterocycles. The van der Waals surface area contributed by atoms with Gasteiger partial charge in [-0.2, -0.15) is 0 Å². The number of rotatable bonds is 11. The molecule has 0 saturated carbocycles. The van der Waals surface area contributed by atoms with Crippen molar-refractivity contribution in [1.29, 1.82) is 0 Å². The molecule has 228 valence electrons. The number of carbonyl (C=O) groups excluding carboxylic acids is 1. The summed E-state index contributed by atoms with van der Waals surface area (Å²) in [5.74, 6) is 4.27. The Balaban J connectivity index is 1.35. The molecule has 1 aromatic heterocycles. The summed E-state index contributed by atoms with van der Waals surface area (Å²) in [6, 6.07) is 11.8. The molecule has 0 unspecified atom stereocenters. The van der Waals surface area contributed by atoms with Crippen LogP contribution in [-0.4, -0.2) is 60.2 Å². The van der Waals surface area contributed by atoms with Crippen LogP contribution in [0.4, 0.5) is 26.0 Å². The Morgan fingerprint density at radius 2 is 1.91 bits per heavy atom. The van der Waals surface area contributed by atoms with E-state index in [4.69, 9.17) is 25.8 Å². The number of carbonyl (C=O) groups is 1. The van der Waals surface area contributed by atoms with Gasteiger partial charge in [0.15, 0.2) is 0 Å². The van der Waals surface area contributed by atoms with Gasteiger partial charge in [0.1, 0.15) is 41.9 Å². The summed E-state index contributed by atoms with van der Waals surface area (Å²) in [5.41, 5.74) is 1.49. The van der Waals surface area contributed by atoms with Crippen LogP contribution in [-0.2, 0) is 16.1 Å². The first kappa shape index (κ1) is 30.9. The molecule has 0 atom stereocenters. The Bertz CT molecular complexity index is 1710. The first-order valence-corrected chi connectivity index (χ1v) is 14.4. The monoisotopic (exact) mass is 621 g/mol. The van der Waals surface area contributed by atoms with Gasteiger partial charge in [-0.1, -0.05) is 29.7 Å². The lowest BCUT2D eigenvalue weighted by Crippen LogP contribution is -2.37. The van der Waals surface area contributed by atoms with Gasteiger partial charge >= 0.3 is 0 Å². The molecule has 0 bridgehead atoms. The van der Waals surface area contributed by atoms with E-state index in [-0.39, 0.29) is 28.9 Å². The van der Waals surface area contributed by atoms with Crippen molar-refractivity contribution in [1.82, 2.24) is 14.9 Å². The Morgan fingerprint density at radius 1 is 1.07 bits per heavy atom. The highest BCUT2D eigenvalue weighted by atomic mass is 35.5. The smallest absolute Gasteiger partial charge is 0.300 e. The van der Waals surface area contributed by atoms with Gasteiger partial charge in [-0.25, -0.2) is 18.7 Å². The van der Waals surface area contributed by atoms with Crippen LogP contribution >= 0.6 is 11.6 Å². The van der Waals surface area contributed by atoms with Crippen molar-refractivity contribution in [3.8, 4) is 23.3 Å². The number of anilines is 3. The summed E-state index contributed by atoms with van der Waals surface area (Å²) in [7, 11) is 0. The van der Waals surface area contributed by atoms with Crippen molar-refractivity contribution in [2.75, 3.05) is 50.1 Å². The lowest BCUT2D eigenvalue weighted by molar-refractivity contribution is -0.111. The number of nitrogens with zero attached hydrogens (tertiary/aromatic N) is 3. The van der Waals surface area contributed by atoms with E-state index in [2.05, 4.69) is 37.3 Å². The molecule has 0 aliphatic carbocycles. The Morgan fingerprint density at radius 3 is 2.70 bits per heavy atom. The van der Waals surface area contributed by atoms with Crippen LogP contribution in [0.15, 0.2) is 54.9 Å². The Hall–Kier alpha value is -4.50. The number of fused-ring (bicyclic) bond motifs is 1. The van der Waals surface area contributed by atoms with Crippen LogP contribution in [0.25, 0.3) is 10.9 Å². The Labute approximate surface area is 258 Å². The predicted octanol–water partition coefficient (Wildman–Crippen LogP) is 5.95. The van der Waals surface area contributed by atoms with Crippen LogP contribution in [0.2, 0.25) is 5.02 Å². The number of hydrogen-bond acceptors (Lipinski definition) is 8. The minimum Gasteiger partial charge on any atom is -0.491 e. The maximum atomic E-state index is 15.2. The van der Waals surface area contributed by atoms with E-state index in [9.17, 15) is 9.18 Å². The molecule has 0 spiro atoms. The first-order chi connectivity index (χ1) is 21.4. The lowest BCUT2D eigenvalue weighted by Gasteiger charge is -2.26. The topological polar surface area (TPSA) is 97.8 Å². The molecule has 5 rings (SSSR count). The molecular weight excluding hydrogens is 592 g/mol.